The second-order valence-electron chi connectivity index (χ2n) is 3.31. The van der Waals surface area contributed by atoms with Crippen molar-refractivity contribution in [2.45, 2.75) is 25.7 Å². The van der Waals surface area contributed by atoms with Crippen molar-refractivity contribution in [1.82, 2.24) is 0 Å². The lowest BCUT2D eigenvalue weighted by atomic mass is 9.97. The van der Waals surface area contributed by atoms with Gasteiger partial charge >= 0.3 is 0 Å². The van der Waals surface area contributed by atoms with Crippen LogP contribution in [0.5, 0.6) is 0 Å². The molecule has 0 aliphatic heterocycles. The predicted octanol–water partition coefficient (Wildman–Crippen LogP) is 4.73. The molecular weight excluding hydrogens is 244 g/mol. The molecule has 1 rings (SSSR count). The first-order chi connectivity index (χ1) is 7.57. The zero-order valence-corrected chi connectivity index (χ0v) is 9.15. The van der Waals surface area contributed by atoms with Gasteiger partial charge in [0.15, 0.2) is 0 Å². The maximum absolute atomic E-state index is 12.6. The molecule has 1 aromatic carbocycles. The zero-order valence-electron chi connectivity index (χ0n) is 8.40. The molecule has 0 fully saturated rings. The van der Waals surface area contributed by atoms with Crippen LogP contribution in [0.2, 0.25) is 0 Å². The molecular formula is C11H11ClF4. The van der Waals surface area contributed by atoms with Gasteiger partial charge in [0.05, 0.1) is 0 Å². The van der Waals surface area contributed by atoms with Gasteiger partial charge in [-0.3, -0.25) is 0 Å². The largest absolute Gasteiger partial charge is 0.264 e. The summed E-state index contributed by atoms with van der Waals surface area (Å²) in [5, 5.41) is 0. The Morgan fingerprint density at radius 2 is 1.50 bits per heavy atom. The summed E-state index contributed by atoms with van der Waals surface area (Å²) in [4.78, 5) is 0. The first-order valence-electron chi connectivity index (χ1n) is 4.82. The fourth-order valence-electron chi connectivity index (χ4n) is 1.56. The fourth-order valence-corrected chi connectivity index (χ4v) is 1.70. The van der Waals surface area contributed by atoms with Crippen molar-refractivity contribution in [3.05, 3.63) is 34.9 Å². The normalized spacial score (nSPS) is 11.4. The second-order valence-corrected chi connectivity index (χ2v) is 3.69. The molecule has 0 aliphatic rings. The van der Waals surface area contributed by atoms with E-state index in [1.165, 1.54) is 18.2 Å². The quantitative estimate of drug-likeness (QED) is 0.526. The van der Waals surface area contributed by atoms with Crippen molar-refractivity contribution in [3.8, 4) is 0 Å². The van der Waals surface area contributed by atoms with E-state index in [0.717, 1.165) is 0 Å². The molecule has 0 nitrogen and oxygen atoms in total. The molecule has 0 amide bonds. The molecule has 0 aliphatic carbocycles. The van der Waals surface area contributed by atoms with Crippen LogP contribution in [0.25, 0.3) is 0 Å². The molecule has 0 bridgehead atoms. The minimum absolute atomic E-state index is 0.0353. The third-order valence-corrected chi connectivity index (χ3v) is 2.55. The average Bonchev–Trinajstić information content (AvgIpc) is 2.25. The topological polar surface area (TPSA) is 0 Å². The van der Waals surface area contributed by atoms with E-state index in [9.17, 15) is 17.6 Å². The van der Waals surface area contributed by atoms with Crippen molar-refractivity contribution in [2.75, 3.05) is 5.88 Å². The van der Waals surface area contributed by atoms with Crippen LogP contribution < -0.4 is 0 Å². The van der Waals surface area contributed by atoms with E-state index in [0.29, 0.717) is 6.42 Å². The van der Waals surface area contributed by atoms with E-state index in [1.807, 2.05) is 0 Å². The second kappa shape index (κ2) is 6.09. The van der Waals surface area contributed by atoms with E-state index in [2.05, 4.69) is 0 Å². The van der Waals surface area contributed by atoms with Crippen LogP contribution in [-0.2, 0) is 6.42 Å². The molecule has 90 valence electrons. The number of hydrogen-bond acceptors (Lipinski definition) is 0. The maximum atomic E-state index is 12.6. The Labute approximate surface area is 96.2 Å². The first kappa shape index (κ1) is 13.3. The molecule has 0 heterocycles. The Balaban J connectivity index is 3.12. The van der Waals surface area contributed by atoms with Gasteiger partial charge in [-0.25, -0.2) is 17.6 Å². The highest BCUT2D eigenvalue weighted by molar-refractivity contribution is 6.17. The molecule has 0 radical (unpaired) electrons. The van der Waals surface area contributed by atoms with Crippen molar-refractivity contribution in [1.29, 1.82) is 0 Å². The minimum atomic E-state index is -2.73. The number of halogens is 5. The molecule has 0 saturated heterocycles. The Bertz CT molecular complexity index is 313. The highest BCUT2D eigenvalue weighted by Crippen LogP contribution is 2.31. The number of alkyl halides is 5. The molecule has 16 heavy (non-hydrogen) atoms. The molecule has 1 aromatic rings. The number of hydrogen-bond donors (Lipinski definition) is 0. The van der Waals surface area contributed by atoms with Gasteiger partial charge in [0.2, 0.25) is 0 Å². The Morgan fingerprint density at radius 1 is 1.00 bits per heavy atom. The predicted molar refractivity (Wildman–Crippen MR) is 55.4 cm³/mol. The van der Waals surface area contributed by atoms with E-state index < -0.39 is 12.9 Å². The average molecular weight is 255 g/mol. The lowest BCUT2D eigenvalue weighted by Crippen LogP contribution is -2.02. The number of rotatable bonds is 5. The van der Waals surface area contributed by atoms with Crippen molar-refractivity contribution < 1.29 is 17.6 Å². The minimum Gasteiger partial charge on any atom is -0.205 e. The van der Waals surface area contributed by atoms with Gasteiger partial charge in [-0.15, -0.1) is 11.6 Å². The van der Waals surface area contributed by atoms with E-state index in [-0.39, 0.29) is 29.0 Å². The van der Waals surface area contributed by atoms with Gasteiger partial charge in [-0.05, 0) is 18.4 Å². The molecule has 0 saturated carbocycles. The summed E-state index contributed by atoms with van der Waals surface area (Å²) in [6, 6.07) is 3.59. The van der Waals surface area contributed by atoms with Gasteiger partial charge in [0.25, 0.3) is 12.9 Å². The highest BCUT2D eigenvalue weighted by Gasteiger charge is 2.19. The van der Waals surface area contributed by atoms with Crippen LogP contribution in [0.1, 0.15) is 36.0 Å². The van der Waals surface area contributed by atoms with Gasteiger partial charge in [-0.1, -0.05) is 18.2 Å². The van der Waals surface area contributed by atoms with E-state index in [4.69, 9.17) is 11.6 Å². The van der Waals surface area contributed by atoms with Crippen LogP contribution >= 0.6 is 11.6 Å². The standard InChI is InChI=1S/C11H11ClF4/c12-6-2-5-7-8(10(13)14)3-1-4-9(7)11(15)16/h1,3-4,10-11H,2,5-6H2. The first-order valence-corrected chi connectivity index (χ1v) is 5.35. The van der Waals surface area contributed by atoms with Gasteiger partial charge in [-0.2, -0.15) is 0 Å². The smallest absolute Gasteiger partial charge is 0.205 e. The van der Waals surface area contributed by atoms with E-state index in [1.54, 1.807) is 0 Å². The van der Waals surface area contributed by atoms with Gasteiger partial charge in [0.1, 0.15) is 0 Å². The Kier molecular flexibility index (Phi) is 5.06. The van der Waals surface area contributed by atoms with Crippen LogP contribution in [-0.4, -0.2) is 5.88 Å². The SMILES string of the molecule is FC(F)c1cccc(C(F)F)c1CCCCl. The van der Waals surface area contributed by atoms with Gasteiger partial charge in [0, 0.05) is 17.0 Å². The van der Waals surface area contributed by atoms with E-state index >= 15 is 0 Å². The van der Waals surface area contributed by atoms with Crippen LogP contribution in [0, 0.1) is 0 Å². The number of benzene rings is 1. The van der Waals surface area contributed by atoms with Crippen molar-refractivity contribution in [2.24, 2.45) is 0 Å². The Morgan fingerprint density at radius 3 is 1.88 bits per heavy atom. The summed E-state index contributed by atoms with van der Waals surface area (Å²) in [5.74, 6) is 0.264. The zero-order chi connectivity index (χ0) is 12.1. The summed E-state index contributed by atoms with van der Waals surface area (Å²) in [6.07, 6.45) is -4.90. The van der Waals surface area contributed by atoms with Crippen LogP contribution in [0.3, 0.4) is 0 Å². The molecule has 5 heteroatoms. The summed E-state index contributed by atoms with van der Waals surface area (Å²) < 4.78 is 50.5. The monoisotopic (exact) mass is 254 g/mol. The van der Waals surface area contributed by atoms with Gasteiger partial charge < -0.3 is 0 Å². The fraction of sp³-hybridized carbons (Fsp3) is 0.455. The molecule has 0 atom stereocenters. The summed E-state index contributed by atoms with van der Waals surface area (Å²) in [5.41, 5.74) is -0.598. The molecule has 0 N–H and O–H groups in total. The lowest BCUT2D eigenvalue weighted by Gasteiger charge is -2.13. The van der Waals surface area contributed by atoms with Crippen LogP contribution in [0.15, 0.2) is 18.2 Å². The lowest BCUT2D eigenvalue weighted by molar-refractivity contribution is 0.141. The molecule has 0 unspecified atom stereocenters. The molecule has 0 spiro atoms. The summed E-state index contributed by atoms with van der Waals surface area (Å²) in [7, 11) is 0. The summed E-state index contributed by atoms with van der Waals surface area (Å²) >= 11 is 5.44. The van der Waals surface area contributed by atoms with Crippen LogP contribution in [0.4, 0.5) is 17.6 Å². The van der Waals surface area contributed by atoms with Crippen molar-refractivity contribution >= 4 is 11.6 Å². The maximum Gasteiger partial charge on any atom is 0.264 e. The Hall–Kier alpha value is -0.770. The summed E-state index contributed by atoms with van der Waals surface area (Å²) in [6.45, 7) is 0. The third-order valence-electron chi connectivity index (χ3n) is 2.28. The molecule has 0 aromatic heterocycles. The highest BCUT2D eigenvalue weighted by atomic mass is 35.5. The van der Waals surface area contributed by atoms with Crippen molar-refractivity contribution in [3.63, 3.8) is 0 Å². The third kappa shape index (κ3) is 3.11.